The Morgan fingerprint density at radius 1 is 1.61 bits per heavy atom. The molecule has 2 heterocycles. The highest BCUT2D eigenvalue weighted by Crippen LogP contribution is 2.16. The number of aromatic nitrogens is 2. The molecule has 2 N–H and O–H groups in total. The first-order valence-corrected chi connectivity index (χ1v) is 6.36. The smallest absolute Gasteiger partial charge is 0.228 e. The van der Waals surface area contributed by atoms with Gasteiger partial charge >= 0.3 is 0 Å². The van der Waals surface area contributed by atoms with Gasteiger partial charge < -0.3 is 20.1 Å². The van der Waals surface area contributed by atoms with E-state index in [1.54, 1.807) is 12.3 Å². The molecule has 0 spiro atoms. The predicted octanol–water partition coefficient (Wildman–Crippen LogP) is 0.429. The van der Waals surface area contributed by atoms with Crippen molar-refractivity contribution in [1.82, 2.24) is 9.97 Å². The molecule has 0 saturated carbocycles. The number of ether oxygens (including phenoxy) is 2. The van der Waals surface area contributed by atoms with Gasteiger partial charge in [-0.25, -0.2) is 4.98 Å². The summed E-state index contributed by atoms with van der Waals surface area (Å²) in [6.07, 6.45) is 2.76. The maximum atomic E-state index is 5.64. The maximum Gasteiger partial charge on any atom is 0.228 e. The largest absolute Gasteiger partial charge is 0.478 e. The fraction of sp³-hybridized carbons (Fsp3) is 0.667. The molecule has 6 nitrogen and oxygen atoms in total. The van der Waals surface area contributed by atoms with Crippen LogP contribution in [0.4, 0.5) is 5.95 Å². The zero-order chi connectivity index (χ0) is 12.8. The quantitative estimate of drug-likeness (QED) is 0.819. The second-order valence-electron chi connectivity index (χ2n) is 4.14. The standard InChI is InChI=1S/C12H20N4O2/c1-2-17-11-4-6-14-12(15-11)16-7-8-18-10(9-16)3-5-13/h4,6,10H,2-3,5,7-9,13H2,1H3/t10-/m1/s1. The Balaban J connectivity index is 2.03. The highest BCUT2D eigenvalue weighted by molar-refractivity contribution is 5.32. The van der Waals surface area contributed by atoms with E-state index in [1.165, 1.54) is 0 Å². The molecule has 6 heteroatoms. The van der Waals surface area contributed by atoms with Crippen LogP contribution in [0, 0.1) is 0 Å². The molecule has 2 rings (SSSR count). The molecular formula is C12H20N4O2. The second kappa shape index (κ2) is 6.51. The highest BCUT2D eigenvalue weighted by Gasteiger charge is 2.21. The Kier molecular flexibility index (Phi) is 4.72. The molecule has 0 amide bonds. The van der Waals surface area contributed by atoms with Crippen molar-refractivity contribution < 1.29 is 9.47 Å². The summed E-state index contributed by atoms with van der Waals surface area (Å²) in [5, 5.41) is 0. The van der Waals surface area contributed by atoms with Crippen LogP contribution in [0.2, 0.25) is 0 Å². The lowest BCUT2D eigenvalue weighted by atomic mass is 10.2. The lowest BCUT2D eigenvalue weighted by Gasteiger charge is -2.32. The average Bonchev–Trinajstić information content (AvgIpc) is 2.40. The van der Waals surface area contributed by atoms with Crippen molar-refractivity contribution in [3.63, 3.8) is 0 Å². The molecule has 1 aliphatic rings. The molecular weight excluding hydrogens is 232 g/mol. The topological polar surface area (TPSA) is 73.5 Å². The fourth-order valence-corrected chi connectivity index (χ4v) is 1.97. The monoisotopic (exact) mass is 252 g/mol. The maximum absolute atomic E-state index is 5.64. The molecule has 1 aromatic rings. The Morgan fingerprint density at radius 2 is 2.50 bits per heavy atom. The summed E-state index contributed by atoms with van der Waals surface area (Å²) in [5.74, 6) is 1.32. The van der Waals surface area contributed by atoms with Crippen LogP contribution < -0.4 is 15.4 Å². The number of nitrogens with zero attached hydrogens (tertiary/aromatic N) is 3. The highest BCUT2D eigenvalue weighted by atomic mass is 16.5. The minimum absolute atomic E-state index is 0.170. The molecule has 0 radical (unpaired) electrons. The molecule has 0 bridgehead atoms. The van der Waals surface area contributed by atoms with E-state index in [1.807, 2.05) is 6.92 Å². The van der Waals surface area contributed by atoms with Gasteiger partial charge in [-0.1, -0.05) is 0 Å². The lowest BCUT2D eigenvalue weighted by molar-refractivity contribution is 0.0363. The van der Waals surface area contributed by atoms with Crippen molar-refractivity contribution >= 4 is 5.95 Å². The Bertz CT molecular complexity index is 373. The first-order valence-electron chi connectivity index (χ1n) is 6.36. The van der Waals surface area contributed by atoms with Gasteiger partial charge in [0.25, 0.3) is 0 Å². The van der Waals surface area contributed by atoms with Crippen LogP contribution >= 0.6 is 0 Å². The minimum Gasteiger partial charge on any atom is -0.478 e. The zero-order valence-corrected chi connectivity index (χ0v) is 10.7. The van der Waals surface area contributed by atoms with E-state index < -0.39 is 0 Å². The molecule has 1 saturated heterocycles. The van der Waals surface area contributed by atoms with Crippen molar-refractivity contribution in [1.29, 1.82) is 0 Å². The zero-order valence-electron chi connectivity index (χ0n) is 10.7. The predicted molar refractivity (Wildman–Crippen MR) is 68.8 cm³/mol. The van der Waals surface area contributed by atoms with E-state index in [9.17, 15) is 0 Å². The van der Waals surface area contributed by atoms with Crippen LogP contribution in [0.3, 0.4) is 0 Å². The first kappa shape index (κ1) is 13.0. The fourth-order valence-electron chi connectivity index (χ4n) is 1.97. The van der Waals surface area contributed by atoms with Crippen molar-refractivity contribution in [3.8, 4) is 5.88 Å². The number of hydrogen-bond donors (Lipinski definition) is 1. The lowest BCUT2D eigenvalue weighted by Crippen LogP contribution is -2.44. The van der Waals surface area contributed by atoms with E-state index in [4.69, 9.17) is 15.2 Å². The van der Waals surface area contributed by atoms with Crippen molar-refractivity contribution in [3.05, 3.63) is 12.3 Å². The van der Waals surface area contributed by atoms with Crippen molar-refractivity contribution in [2.24, 2.45) is 5.73 Å². The summed E-state index contributed by atoms with van der Waals surface area (Å²) in [7, 11) is 0. The normalized spacial score (nSPS) is 19.9. The van der Waals surface area contributed by atoms with Gasteiger partial charge in [-0.15, -0.1) is 0 Å². The van der Waals surface area contributed by atoms with Gasteiger partial charge in [0.15, 0.2) is 0 Å². The van der Waals surface area contributed by atoms with Gasteiger partial charge in [0.1, 0.15) is 0 Å². The molecule has 1 aromatic heterocycles. The summed E-state index contributed by atoms with van der Waals surface area (Å²) >= 11 is 0. The van der Waals surface area contributed by atoms with Crippen LogP contribution in [0.15, 0.2) is 12.3 Å². The van der Waals surface area contributed by atoms with Crippen LogP contribution in [0.1, 0.15) is 13.3 Å². The molecule has 1 atom stereocenters. The number of morpholine rings is 1. The number of hydrogen-bond acceptors (Lipinski definition) is 6. The summed E-state index contributed by atoms with van der Waals surface area (Å²) in [6, 6.07) is 1.77. The van der Waals surface area contributed by atoms with Crippen LogP contribution in [0.5, 0.6) is 5.88 Å². The van der Waals surface area contributed by atoms with Gasteiger partial charge in [-0.3, -0.25) is 0 Å². The Morgan fingerprint density at radius 3 is 3.28 bits per heavy atom. The molecule has 0 aliphatic carbocycles. The van der Waals surface area contributed by atoms with Gasteiger partial charge in [0, 0.05) is 25.4 Å². The van der Waals surface area contributed by atoms with E-state index in [0.29, 0.717) is 31.6 Å². The van der Waals surface area contributed by atoms with Crippen LogP contribution in [0.25, 0.3) is 0 Å². The molecule has 0 aromatic carbocycles. The SMILES string of the molecule is CCOc1ccnc(N2CCO[C@H](CCN)C2)n1. The van der Waals surface area contributed by atoms with E-state index in [0.717, 1.165) is 19.5 Å². The van der Waals surface area contributed by atoms with Gasteiger partial charge in [0.2, 0.25) is 11.8 Å². The average molecular weight is 252 g/mol. The van der Waals surface area contributed by atoms with Crippen molar-refractivity contribution in [2.45, 2.75) is 19.4 Å². The summed E-state index contributed by atoms with van der Waals surface area (Å²) in [4.78, 5) is 10.8. The summed E-state index contributed by atoms with van der Waals surface area (Å²) in [6.45, 7) is 5.46. The van der Waals surface area contributed by atoms with Crippen LogP contribution in [-0.4, -0.2) is 48.9 Å². The Hall–Kier alpha value is -1.40. The van der Waals surface area contributed by atoms with E-state index in [-0.39, 0.29) is 6.10 Å². The van der Waals surface area contributed by atoms with E-state index in [2.05, 4.69) is 14.9 Å². The first-order chi connectivity index (χ1) is 8.83. The van der Waals surface area contributed by atoms with E-state index >= 15 is 0 Å². The Labute approximate surface area is 107 Å². The van der Waals surface area contributed by atoms with Gasteiger partial charge in [0.05, 0.1) is 19.3 Å². The number of nitrogens with two attached hydrogens (primary N) is 1. The number of anilines is 1. The van der Waals surface area contributed by atoms with Gasteiger partial charge in [-0.2, -0.15) is 4.98 Å². The molecule has 18 heavy (non-hydrogen) atoms. The van der Waals surface area contributed by atoms with Crippen molar-refractivity contribution in [2.75, 3.05) is 37.7 Å². The molecule has 1 aliphatic heterocycles. The summed E-state index contributed by atoms with van der Waals surface area (Å²) in [5.41, 5.74) is 5.56. The van der Waals surface area contributed by atoms with Gasteiger partial charge in [-0.05, 0) is 19.9 Å². The minimum atomic E-state index is 0.170. The third kappa shape index (κ3) is 3.30. The third-order valence-electron chi connectivity index (χ3n) is 2.82. The molecule has 100 valence electrons. The molecule has 1 fully saturated rings. The number of rotatable bonds is 5. The third-order valence-corrected chi connectivity index (χ3v) is 2.82. The second-order valence-corrected chi connectivity index (χ2v) is 4.14. The molecule has 0 unspecified atom stereocenters. The summed E-state index contributed by atoms with van der Waals surface area (Å²) < 4.78 is 11.0. The van der Waals surface area contributed by atoms with Crippen LogP contribution in [-0.2, 0) is 4.74 Å².